The first-order chi connectivity index (χ1) is 20.6. The maximum atomic E-state index is 16.5. The standard InChI is InChI=1S/C30H39FN4O8S.H3N/c1-6-19(7-2)15-33(29(39)43-30(3,4)5)16-21-13-22-23(35(21)28(37)38)14-24(42-18-20-11-9-8-10-12-20)27(26(22)31)34-17-25(36)32-44(34,40)41;/h8-12,14,19,21H,6-7,13,15-18H2,1-5H3,(H,32,36)(H,37,38);1H3/t21-;/m1./s1. The minimum absolute atomic E-state index is 0. The highest BCUT2D eigenvalue weighted by Gasteiger charge is 2.44. The average Bonchev–Trinajstić information content (AvgIpc) is 3.44. The molecule has 15 heteroatoms. The zero-order valence-corrected chi connectivity index (χ0v) is 27.0. The van der Waals surface area contributed by atoms with E-state index in [0.29, 0.717) is 16.4 Å². The van der Waals surface area contributed by atoms with Gasteiger partial charge in [-0.2, -0.15) is 8.42 Å². The van der Waals surface area contributed by atoms with Crippen molar-refractivity contribution in [1.82, 2.24) is 15.8 Å². The lowest BCUT2D eigenvalue weighted by Gasteiger charge is -2.33. The Balaban J connectivity index is 0.00000552. The lowest BCUT2D eigenvalue weighted by molar-refractivity contribution is -0.117. The number of carbonyl (C=O) groups excluding carboxylic acids is 2. The molecule has 2 aromatic rings. The minimum atomic E-state index is -4.43. The van der Waals surface area contributed by atoms with E-state index in [1.54, 1.807) is 51.1 Å². The number of carbonyl (C=O) groups is 3. The average molecular weight is 652 g/mol. The largest absolute Gasteiger partial charge is 0.487 e. The van der Waals surface area contributed by atoms with Crippen LogP contribution >= 0.6 is 0 Å². The summed E-state index contributed by atoms with van der Waals surface area (Å²) in [4.78, 5) is 40.4. The van der Waals surface area contributed by atoms with Crippen LogP contribution in [-0.2, 0) is 32.8 Å². The molecule has 0 saturated carbocycles. The van der Waals surface area contributed by atoms with Gasteiger partial charge in [0.1, 0.15) is 30.2 Å². The van der Waals surface area contributed by atoms with Gasteiger partial charge >= 0.3 is 22.4 Å². The molecule has 2 aromatic carbocycles. The molecule has 4 rings (SSSR count). The number of nitrogens with one attached hydrogen (secondary N) is 1. The van der Waals surface area contributed by atoms with Crippen molar-refractivity contribution in [2.24, 2.45) is 5.92 Å². The molecule has 248 valence electrons. The highest BCUT2D eigenvalue weighted by molar-refractivity contribution is 7.92. The number of amides is 3. The van der Waals surface area contributed by atoms with Crippen molar-refractivity contribution in [3.63, 3.8) is 0 Å². The number of carboxylic acid groups (broad SMARTS) is 1. The van der Waals surface area contributed by atoms with Crippen molar-refractivity contribution in [2.45, 2.75) is 72.1 Å². The highest BCUT2D eigenvalue weighted by atomic mass is 32.2. The molecule has 45 heavy (non-hydrogen) atoms. The summed E-state index contributed by atoms with van der Waals surface area (Å²) >= 11 is 0. The number of anilines is 2. The molecule has 0 aliphatic carbocycles. The van der Waals surface area contributed by atoms with Crippen LogP contribution < -0.4 is 24.8 Å². The van der Waals surface area contributed by atoms with E-state index in [-0.39, 0.29) is 48.6 Å². The van der Waals surface area contributed by atoms with Gasteiger partial charge in [0.2, 0.25) is 0 Å². The fourth-order valence-corrected chi connectivity index (χ4v) is 6.53. The monoisotopic (exact) mass is 651 g/mol. The SMILES string of the molecule is CCC(CC)CN(C[C@H]1Cc2c(cc(OCc3ccccc3)c(N3CC(=O)NS3(=O)=O)c2F)N1C(=O)O)C(=O)OC(C)(C)C.N. The molecule has 0 spiro atoms. The van der Waals surface area contributed by atoms with Gasteiger partial charge in [-0.25, -0.2) is 23.0 Å². The zero-order chi connectivity index (χ0) is 32.4. The van der Waals surface area contributed by atoms with E-state index >= 15 is 4.39 Å². The van der Waals surface area contributed by atoms with Crippen molar-refractivity contribution >= 4 is 39.7 Å². The molecule has 2 heterocycles. The summed E-state index contributed by atoms with van der Waals surface area (Å²) in [5, 5.41) is 10.3. The molecule has 0 radical (unpaired) electrons. The fourth-order valence-electron chi connectivity index (χ4n) is 5.37. The Morgan fingerprint density at radius 3 is 2.36 bits per heavy atom. The van der Waals surface area contributed by atoms with E-state index in [1.165, 1.54) is 11.0 Å². The second kappa shape index (κ2) is 13.9. The number of halogens is 1. The van der Waals surface area contributed by atoms with Gasteiger partial charge in [-0.05, 0) is 32.3 Å². The Kier molecular flexibility index (Phi) is 10.9. The minimum Gasteiger partial charge on any atom is -0.487 e. The number of ether oxygens (including phenoxy) is 2. The second-order valence-electron chi connectivity index (χ2n) is 11.9. The normalized spacial score (nSPS) is 17.0. The number of hydrogen-bond donors (Lipinski definition) is 3. The van der Waals surface area contributed by atoms with E-state index in [0.717, 1.165) is 17.7 Å². The third kappa shape index (κ3) is 7.95. The van der Waals surface area contributed by atoms with Crippen LogP contribution in [0.2, 0.25) is 0 Å². The van der Waals surface area contributed by atoms with Crippen molar-refractivity contribution in [3.05, 3.63) is 53.3 Å². The number of benzene rings is 2. The van der Waals surface area contributed by atoms with Gasteiger partial charge in [0.05, 0.1) is 11.7 Å². The third-order valence-electron chi connectivity index (χ3n) is 7.58. The number of rotatable bonds is 10. The van der Waals surface area contributed by atoms with Crippen LogP contribution in [-0.4, -0.2) is 67.8 Å². The molecule has 0 unspecified atom stereocenters. The van der Waals surface area contributed by atoms with Crippen LogP contribution in [0.4, 0.5) is 25.4 Å². The van der Waals surface area contributed by atoms with Crippen LogP contribution in [0.15, 0.2) is 36.4 Å². The van der Waals surface area contributed by atoms with Crippen molar-refractivity contribution in [1.29, 1.82) is 0 Å². The van der Waals surface area contributed by atoms with E-state index in [1.807, 2.05) is 18.6 Å². The van der Waals surface area contributed by atoms with Crippen LogP contribution in [0.1, 0.15) is 58.6 Å². The Bertz CT molecular complexity index is 1510. The van der Waals surface area contributed by atoms with Gasteiger partial charge in [-0.3, -0.25) is 9.69 Å². The summed E-state index contributed by atoms with van der Waals surface area (Å²) in [6, 6.07) is 9.22. The summed E-state index contributed by atoms with van der Waals surface area (Å²) in [6.45, 7) is 8.64. The molecular formula is C30H42FN5O8S. The van der Waals surface area contributed by atoms with Crippen LogP contribution in [0, 0.1) is 11.7 Å². The molecule has 1 saturated heterocycles. The maximum absolute atomic E-state index is 16.5. The molecule has 1 fully saturated rings. The van der Waals surface area contributed by atoms with Crippen molar-refractivity contribution < 1.29 is 41.8 Å². The molecule has 0 bridgehead atoms. The molecule has 0 aromatic heterocycles. The highest BCUT2D eigenvalue weighted by Crippen LogP contribution is 2.45. The van der Waals surface area contributed by atoms with Gasteiger partial charge in [0.15, 0.2) is 5.82 Å². The number of nitrogens with zero attached hydrogens (tertiary/aromatic N) is 3. The van der Waals surface area contributed by atoms with Crippen molar-refractivity contribution in [3.8, 4) is 5.75 Å². The Hall–Kier alpha value is -4.11. The Morgan fingerprint density at radius 2 is 1.82 bits per heavy atom. The first-order valence-corrected chi connectivity index (χ1v) is 15.9. The Labute approximate surface area is 263 Å². The first-order valence-electron chi connectivity index (χ1n) is 14.5. The Morgan fingerprint density at radius 1 is 1.18 bits per heavy atom. The molecule has 2 aliphatic heterocycles. The van der Waals surface area contributed by atoms with Gasteiger partial charge in [-0.1, -0.05) is 57.0 Å². The van der Waals surface area contributed by atoms with Gasteiger partial charge < -0.3 is 25.6 Å². The molecule has 3 amide bonds. The van der Waals surface area contributed by atoms with Gasteiger partial charge in [0.25, 0.3) is 5.91 Å². The van der Waals surface area contributed by atoms with Crippen LogP contribution in [0.25, 0.3) is 0 Å². The molecule has 5 N–H and O–H groups in total. The molecular weight excluding hydrogens is 609 g/mol. The summed E-state index contributed by atoms with van der Waals surface area (Å²) in [5.41, 5.74) is -0.701. The second-order valence-corrected chi connectivity index (χ2v) is 13.5. The maximum Gasteiger partial charge on any atom is 0.412 e. The smallest absolute Gasteiger partial charge is 0.412 e. The lowest BCUT2D eigenvalue weighted by atomic mass is 10.0. The third-order valence-corrected chi connectivity index (χ3v) is 8.95. The summed E-state index contributed by atoms with van der Waals surface area (Å²) in [6.07, 6.45) is -0.600. The number of hydrogen-bond acceptors (Lipinski definition) is 8. The molecule has 13 nitrogen and oxygen atoms in total. The van der Waals surface area contributed by atoms with Gasteiger partial charge in [0, 0.05) is 31.1 Å². The topological polar surface area (TPSA) is 181 Å². The predicted octanol–water partition coefficient (Wildman–Crippen LogP) is 4.83. The van der Waals surface area contributed by atoms with Crippen LogP contribution in [0.5, 0.6) is 5.75 Å². The summed E-state index contributed by atoms with van der Waals surface area (Å²) in [5.74, 6) is -2.00. The summed E-state index contributed by atoms with van der Waals surface area (Å²) < 4.78 is 56.0. The summed E-state index contributed by atoms with van der Waals surface area (Å²) in [7, 11) is -4.43. The predicted molar refractivity (Wildman–Crippen MR) is 166 cm³/mol. The molecule has 1 atom stereocenters. The van der Waals surface area contributed by atoms with E-state index in [2.05, 4.69) is 0 Å². The quantitative estimate of drug-likeness (QED) is 0.324. The van der Waals surface area contributed by atoms with E-state index in [9.17, 15) is 27.9 Å². The zero-order valence-electron chi connectivity index (χ0n) is 26.2. The lowest BCUT2D eigenvalue weighted by Crippen LogP contribution is -2.49. The van der Waals surface area contributed by atoms with E-state index in [4.69, 9.17) is 9.47 Å². The van der Waals surface area contributed by atoms with E-state index < -0.39 is 58.0 Å². The number of fused-ring (bicyclic) bond motifs is 1. The van der Waals surface area contributed by atoms with Gasteiger partial charge in [-0.15, -0.1) is 0 Å². The van der Waals surface area contributed by atoms with Crippen LogP contribution in [0.3, 0.4) is 0 Å². The molecule has 2 aliphatic rings. The first kappa shape index (κ1) is 35.4. The fraction of sp³-hybridized carbons (Fsp3) is 0.500. The van der Waals surface area contributed by atoms with Crippen molar-refractivity contribution in [2.75, 3.05) is 28.8 Å².